The summed E-state index contributed by atoms with van der Waals surface area (Å²) in [5, 5.41) is 20.6. The standard InChI is InChI=1S/C19H28O3/c1-4-5-6-7-12(2)17(21)8-13(3)19-16-11-15(20)9-14(16)10-18(19)22/h12,14,16-19,21-22H,3-4,7-11H2,1-2H3. The third-order valence-corrected chi connectivity index (χ3v) is 5.30. The molecule has 6 unspecified atom stereocenters. The van der Waals surface area contributed by atoms with Gasteiger partial charge in [0.05, 0.1) is 12.2 Å². The second kappa shape index (κ2) is 7.44. The third kappa shape index (κ3) is 3.80. The predicted octanol–water partition coefficient (Wildman–Crippen LogP) is 2.71. The average molecular weight is 304 g/mol. The molecule has 0 heterocycles. The van der Waals surface area contributed by atoms with Crippen molar-refractivity contribution in [1.82, 2.24) is 0 Å². The predicted molar refractivity (Wildman–Crippen MR) is 86.9 cm³/mol. The summed E-state index contributed by atoms with van der Waals surface area (Å²) >= 11 is 0. The number of aliphatic hydroxyl groups is 2. The van der Waals surface area contributed by atoms with E-state index in [0.717, 1.165) is 12.0 Å². The molecule has 0 aliphatic heterocycles. The van der Waals surface area contributed by atoms with E-state index in [1.807, 2.05) is 13.8 Å². The number of carbonyl (C=O) groups is 1. The SMILES string of the molecule is C=C(CC(O)C(C)CC#CCC)C1C(O)CC2CC(=O)CC21. The molecule has 0 amide bonds. The molecular weight excluding hydrogens is 276 g/mol. The molecule has 6 atom stereocenters. The normalized spacial score (nSPS) is 33.0. The maximum Gasteiger partial charge on any atom is 0.133 e. The molecule has 0 saturated heterocycles. The summed E-state index contributed by atoms with van der Waals surface area (Å²) in [4.78, 5) is 11.6. The van der Waals surface area contributed by atoms with Crippen molar-refractivity contribution < 1.29 is 15.0 Å². The smallest absolute Gasteiger partial charge is 0.133 e. The van der Waals surface area contributed by atoms with Crippen molar-refractivity contribution in [1.29, 1.82) is 0 Å². The highest BCUT2D eigenvalue weighted by Crippen LogP contribution is 2.49. The lowest BCUT2D eigenvalue weighted by atomic mass is 9.82. The van der Waals surface area contributed by atoms with Gasteiger partial charge in [0.2, 0.25) is 0 Å². The van der Waals surface area contributed by atoms with Crippen molar-refractivity contribution in [3.8, 4) is 11.8 Å². The molecule has 2 fully saturated rings. The number of hydrogen-bond donors (Lipinski definition) is 2. The molecule has 22 heavy (non-hydrogen) atoms. The molecule has 2 N–H and O–H groups in total. The summed E-state index contributed by atoms with van der Waals surface area (Å²) in [6, 6.07) is 0. The highest BCUT2D eigenvalue weighted by Gasteiger charge is 2.48. The second-order valence-corrected chi connectivity index (χ2v) is 7.02. The van der Waals surface area contributed by atoms with Gasteiger partial charge in [-0.15, -0.1) is 11.8 Å². The number of fused-ring (bicyclic) bond motifs is 1. The van der Waals surface area contributed by atoms with Crippen LogP contribution in [-0.4, -0.2) is 28.2 Å². The van der Waals surface area contributed by atoms with Crippen LogP contribution in [0, 0.1) is 35.5 Å². The topological polar surface area (TPSA) is 57.5 Å². The van der Waals surface area contributed by atoms with Crippen LogP contribution in [-0.2, 0) is 4.79 Å². The lowest BCUT2D eigenvalue weighted by Gasteiger charge is -2.26. The number of ketones is 1. The van der Waals surface area contributed by atoms with Crippen molar-refractivity contribution in [2.75, 3.05) is 0 Å². The monoisotopic (exact) mass is 304 g/mol. The summed E-state index contributed by atoms with van der Waals surface area (Å²) in [5.41, 5.74) is 0.900. The highest BCUT2D eigenvalue weighted by molar-refractivity contribution is 5.81. The van der Waals surface area contributed by atoms with E-state index in [0.29, 0.717) is 43.8 Å². The Morgan fingerprint density at radius 3 is 2.82 bits per heavy atom. The van der Waals surface area contributed by atoms with Crippen LogP contribution < -0.4 is 0 Å². The van der Waals surface area contributed by atoms with Gasteiger partial charge in [-0.2, -0.15) is 0 Å². The molecule has 0 spiro atoms. The second-order valence-electron chi connectivity index (χ2n) is 7.02. The molecule has 0 bridgehead atoms. The molecule has 0 aromatic carbocycles. The molecule has 3 heteroatoms. The summed E-state index contributed by atoms with van der Waals surface area (Å²) in [7, 11) is 0. The van der Waals surface area contributed by atoms with E-state index >= 15 is 0 Å². The molecule has 2 aliphatic carbocycles. The summed E-state index contributed by atoms with van der Waals surface area (Å²) in [6.45, 7) is 8.13. The first-order chi connectivity index (χ1) is 10.4. The quantitative estimate of drug-likeness (QED) is 0.606. The molecule has 2 aliphatic rings. The molecular formula is C19H28O3. The van der Waals surface area contributed by atoms with Gasteiger partial charge in [-0.05, 0) is 30.6 Å². The maximum atomic E-state index is 11.6. The summed E-state index contributed by atoms with van der Waals surface area (Å²) in [6.07, 6.45) is 3.00. The van der Waals surface area contributed by atoms with Gasteiger partial charge >= 0.3 is 0 Å². The van der Waals surface area contributed by atoms with E-state index < -0.39 is 12.2 Å². The zero-order valence-corrected chi connectivity index (χ0v) is 13.7. The fourth-order valence-electron chi connectivity index (χ4n) is 4.05. The number of aliphatic hydroxyl groups excluding tert-OH is 2. The first kappa shape index (κ1) is 17.2. The van der Waals surface area contributed by atoms with Gasteiger partial charge in [-0.25, -0.2) is 0 Å². The minimum absolute atomic E-state index is 0.0278. The van der Waals surface area contributed by atoms with Crippen LogP contribution in [0.4, 0.5) is 0 Å². The van der Waals surface area contributed by atoms with Crippen LogP contribution in [0.2, 0.25) is 0 Å². The van der Waals surface area contributed by atoms with Crippen LogP contribution in [0.25, 0.3) is 0 Å². The van der Waals surface area contributed by atoms with Crippen LogP contribution in [0.15, 0.2) is 12.2 Å². The van der Waals surface area contributed by atoms with Crippen molar-refractivity contribution in [2.24, 2.45) is 23.7 Å². The van der Waals surface area contributed by atoms with E-state index in [2.05, 4.69) is 18.4 Å². The van der Waals surface area contributed by atoms with Gasteiger partial charge in [-0.3, -0.25) is 4.79 Å². The van der Waals surface area contributed by atoms with E-state index in [1.54, 1.807) is 0 Å². The van der Waals surface area contributed by atoms with E-state index in [9.17, 15) is 15.0 Å². The number of Topliss-reactive ketones (excluding diaryl/α,β-unsaturated/α-hetero) is 1. The molecule has 3 nitrogen and oxygen atoms in total. The Bertz CT molecular complexity index is 485. The summed E-state index contributed by atoms with van der Waals surface area (Å²) in [5.74, 6) is 7.02. The van der Waals surface area contributed by atoms with Crippen molar-refractivity contribution in [2.45, 2.75) is 64.6 Å². The molecule has 0 aromatic rings. The van der Waals surface area contributed by atoms with Crippen LogP contribution in [0.1, 0.15) is 52.4 Å². The van der Waals surface area contributed by atoms with Gasteiger partial charge in [0.1, 0.15) is 5.78 Å². The van der Waals surface area contributed by atoms with Crippen LogP contribution in [0.3, 0.4) is 0 Å². The van der Waals surface area contributed by atoms with Gasteiger partial charge in [0, 0.05) is 31.6 Å². The fourth-order valence-corrected chi connectivity index (χ4v) is 4.05. The Morgan fingerprint density at radius 2 is 2.14 bits per heavy atom. The van der Waals surface area contributed by atoms with E-state index in [-0.39, 0.29) is 17.8 Å². The van der Waals surface area contributed by atoms with E-state index in [4.69, 9.17) is 0 Å². The highest BCUT2D eigenvalue weighted by atomic mass is 16.3. The minimum atomic E-state index is -0.484. The van der Waals surface area contributed by atoms with Crippen LogP contribution in [0.5, 0.6) is 0 Å². The Kier molecular flexibility index (Phi) is 5.83. The lowest BCUT2D eigenvalue weighted by Crippen LogP contribution is -2.26. The van der Waals surface area contributed by atoms with Gasteiger partial charge in [0.15, 0.2) is 0 Å². The molecule has 0 aromatic heterocycles. The van der Waals surface area contributed by atoms with Crippen molar-refractivity contribution in [3.63, 3.8) is 0 Å². The Labute approximate surface area is 133 Å². The number of hydrogen-bond acceptors (Lipinski definition) is 3. The molecule has 122 valence electrons. The van der Waals surface area contributed by atoms with Gasteiger partial charge in [0.25, 0.3) is 0 Å². The fraction of sp³-hybridized carbons (Fsp3) is 0.737. The molecule has 2 saturated carbocycles. The minimum Gasteiger partial charge on any atom is -0.392 e. The zero-order valence-electron chi connectivity index (χ0n) is 13.7. The van der Waals surface area contributed by atoms with Crippen molar-refractivity contribution >= 4 is 5.78 Å². The summed E-state index contributed by atoms with van der Waals surface area (Å²) < 4.78 is 0. The zero-order chi connectivity index (χ0) is 16.3. The number of carbonyl (C=O) groups excluding carboxylic acids is 1. The van der Waals surface area contributed by atoms with Crippen LogP contribution >= 0.6 is 0 Å². The first-order valence-electron chi connectivity index (χ1n) is 8.45. The Balaban J connectivity index is 1.92. The molecule has 2 rings (SSSR count). The Hall–Kier alpha value is -1.11. The lowest BCUT2D eigenvalue weighted by molar-refractivity contribution is -0.118. The third-order valence-electron chi connectivity index (χ3n) is 5.30. The maximum absolute atomic E-state index is 11.6. The largest absolute Gasteiger partial charge is 0.392 e. The van der Waals surface area contributed by atoms with Gasteiger partial charge < -0.3 is 10.2 Å². The van der Waals surface area contributed by atoms with Gasteiger partial charge in [-0.1, -0.05) is 26.0 Å². The Morgan fingerprint density at radius 1 is 1.41 bits per heavy atom. The first-order valence-corrected chi connectivity index (χ1v) is 8.45. The van der Waals surface area contributed by atoms with Crippen molar-refractivity contribution in [3.05, 3.63) is 12.2 Å². The number of rotatable bonds is 5. The van der Waals surface area contributed by atoms with E-state index in [1.165, 1.54) is 0 Å². The average Bonchev–Trinajstić information content (AvgIpc) is 2.92. The molecule has 0 radical (unpaired) electrons.